The van der Waals surface area contributed by atoms with Crippen molar-refractivity contribution in [3.8, 4) is 11.8 Å². The minimum Gasteiger partial charge on any atom is -0.492 e. The number of nitrogen functional groups attached to an aromatic ring is 1. The predicted molar refractivity (Wildman–Crippen MR) is 104 cm³/mol. The molecule has 0 unspecified atom stereocenters. The van der Waals surface area contributed by atoms with Crippen molar-refractivity contribution in [2.24, 2.45) is 0 Å². The fourth-order valence-corrected chi connectivity index (χ4v) is 3.13. The summed E-state index contributed by atoms with van der Waals surface area (Å²) in [4.78, 5) is 0. The number of ether oxygens (including phenoxy) is 1. The monoisotopic (exact) mass is 345 g/mol. The van der Waals surface area contributed by atoms with Gasteiger partial charge in [0.2, 0.25) is 0 Å². The minimum absolute atomic E-state index is 0.479. The Bertz CT molecular complexity index is 950. The van der Waals surface area contributed by atoms with Crippen LogP contribution in [0.2, 0.25) is 0 Å². The van der Waals surface area contributed by atoms with E-state index in [1.54, 1.807) is 6.07 Å². The van der Waals surface area contributed by atoms with Gasteiger partial charge in [-0.05, 0) is 43.2 Å². The summed E-state index contributed by atoms with van der Waals surface area (Å²) in [6.07, 6.45) is 0.694. The zero-order valence-electron chi connectivity index (χ0n) is 15.2. The van der Waals surface area contributed by atoms with Crippen LogP contribution < -0.4 is 10.5 Å². The second-order valence-electron chi connectivity index (χ2n) is 6.53. The lowest BCUT2D eigenvalue weighted by molar-refractivity contribution is 0.296. The molecule has 2 N–H and O–H groups in total. The van der Waals surface area contributed by atoms with Gasteiger partial charge in [0.15, 0.2) is 0 Å². The van der Waals surface area contributed by atoms with Crippen LogP contribution in [0.15, 0.2) is 54.6 Å². The molecule has 0 amide bonds. The molecule has 0 aliphatic heterocycles. The Morgan fingerprint density at radius 1 is 1.04 bits per heavy atom. The van der Waals surface area contributed by atoms with E-state index in [0.717, 1.165) is 17.0 Å². The summed E-state index contributed by atoms with van der Waals surface area (Å²) in [6.45, 7) is 5.16. The lowest BCUT2D eigenvalue weighted by Gasteiger charge is -2.13. The first kappa shape index (κ1) is 17.6. The van der Waals surface area contributed by atoms with Crippen molar-refractivity contribution < 1.29 is 4.74 Å². The quantitative estimate of drug-likeness (QED) is 0.727. The zero-order chi connectivity index (χ0) is 18.5. The molecule has 0 aliphatic rings. The zero-order valence-corrected chi connectivity index (χ0v) is 15.2. The third-order valence-corrected chi connectivity index (χ3v) is 4.38. The average molecular weight is 345 g/mol. The molecule has 4 heteroatoms. The fraction of sp³-hybridized carbons (Fsp3) is 0.227. The molecule has 4 nitrogen and oxygen atoms in total. The Kier molecular flexibility index (Phi) is 5.28. The van der Waals surface area contributed by atoms with Gasteiger partial charge >= 0.3 is 0 Å². The molecule has 0 saturated carbocycles. The summed E-state index contributed by atoms with van der Waals surface area (Å²) in [6, 6.07) is 20.3. The topological polar surface area (TPSA) is 64.0 Å². The van der Waals surface area contributed by atoms with E-state index in [-0.39, 0.29) is 0 Å². The molecule has 2 aromatic carbocycles. The Morgan fingerprint density at radius 3 is 2.46 bits per heavy atom. The van der Waals surface area contributed by atoms with Crippen molar-refractivity contribution in [3.63, 3.8) is 0 Å². The van der Waals surface area contributed by atoms with Gasteiger partial charge in [-0.25, -0.2) is 0 Å². The number of anilines is 1. The molecule has 0 fully saturated rings. The molecule has 132 valence electrons. The molecule has 0 atom stereocenters. The summed E-state index contributed by atoms with van der Waals surface area (Å²) in [5, 5.41) is 9.45. The molecule has 0 bridgehead atoms. The first-order chi connectivity index (χ1) is 12.6. The molecule has 1 aromatic heterocycles. The van der Waals surface area contributed by atoms with Gasteiger partial charge in [-0.2, -0.15) is 5.26 Å². The summed E-state index contributed by atoms with van der Waals surface area (Å²) < 4.78 is 7.82. The van der Waals surface area contributed by atoms with E-state index in [1.807, 2.05) is 41.8 Å². The lowest BCUT2D eigenvalue weighted by atomic mass is 10.1. The molecule has 1 heterocycles. The van der Waals surface area contributed by atoms with E-state index in [4.69, 9.17) is 10.5 Å². The molecular weight excluding hydrogens is 322 g/mol. The smallest absolute Gasteiger partial charge is 0.122 e. The van der Waals surface area contributed by atoms with Crippen molar-refractivity contribution in [1.82, 2.24) is 4.57 Å². The molecule has 3 aromatic rings. The molecule has 26 heavy (non-hydrogen) atoms. The molecule has 0 spiro atoms. The highest BCUT2D eigenvalue weighted by Gasteiger charge is 2.14. The van der Waals surface area contributed by atoms with Crippen LogP contribution in [0.4, 0.5) is 5.69 Å². The number of nitrogens with two attached hydrogens (primary N) is 1. The highest BCUT2D eigenvalue weighted by molar-refractivity contribution is 5.52. The number of nitriles is 1. The number of rotatable bonds is 6. The van der Waals surface area contributed by atoms with Crippen LogP contribution in [0, 0.1) is 25.2 Å². The number of aryl methyl sites for hydroxylation is 2. The maximum absolute atomic E-state index is 9.45. The second kappa shape index (κ2) is 7.79. The van der Waals surface area contributed by atoms with Gasteiger partial charge in [0.25, 0.3) is 0 Å². The Morgan fingerprint density at radius 2 is 1.77 bits per heavy atom. The van der Waals surface area contributed by atoms with Crippen molar-refractivity contribution >= 4 is 5.69 Å². The van der Waals surface area contributed by atoms with E-state index in [9.17, 15) is 5.26 Å². The van der Waals surface area contributed by atoms with Gasteiger partial charge < -0.3 is 15.0 Å². The first-order valence-electron chi connectivity index (χ1n) is 8.70. The molecule has 0 aliphatic carbocycles. The Labute approximate surface area is 154 Å². The van der Waals surface area contributed by atoms with Gasteiger partial charge in [0.1, 0.15) is 24.1 Å². The van der Waals surface area contributed by atoms with Crippen LogP contribution in [-0.2, 0) is 13.0 Å². The van der Waals surface area contributed by atoms with E-state index in [0.29, 0.717) is 31.0 Å². The third-order valence-electron chi connectivity index (χ3n) is 4.38. The van der Waals surface area contributed by atoms with Crippen molar-refractivity contribution in [2.75, 3.05) is 12.3 Å². The number of aromatic nitrogens is 1. The highest BCUT2D eigenvalue weighted by Crippen LogP contribution is 2.22. The van der Waals surface area contributed by atoms with Gasteiger partial charge in [-0.1, -0.05) is 42.0 Å². The summed E-state index contributed by atoms with van der Waals surface area (Å²) >= 11 is 0. The predicted octanol–water partition coefficient (Wildman–Crippen LogP) is 4.23. The molecule has 0 saturated heterocycles. The largest absolute Gasteiger partial charge is 0.492 e. The van der Waals surface area contributed by atoms with E-state index in [2.05, 4.69) is 31.2 Å². The van der Waals surface area contributed by atoms with Crippen molar-refractivity contribution in [1.29, 1.82) is 5.26 Å². The van der Waals surface area contributed by atoms with E-state index < -0.39 is 0 Å². The number of hydrogen-bond donors (Lipinski definition) is 1. The maximum atomic E-state index is 9.45. The van der Waals surface area contributed by atoms with Crippen LogP contribution in [0.1, 0.15) is 28.1 Å². The lowest BCUT2D eigenvalue weighted by Crippen LogP contribution is -2.13. The fourth-order valence-electron chi connectivity index (χ4n) is 3.13. The minimum atomic E-state index is 0.479. The SMILES string of the molecule is Cc1cccc(Cc2c(N)cc(C#N)n2CCOc2cccc(C)c2)c1. The van der Waals surface area contributed by atoms with Crippen LogP contribution in [0.25, 0.3) is 0 Å². The highest BCUT2D eigenvalue weighted by atomic mass is 16.5. The van der Waals surface area contributed by atoms with E-state index in [1.165, 1.54) is 11.1 Å². The number of nitrogens with zero attached hydrogens (tertiary/aromatic N) is 2. The van der Waals surface area contributed by atoms with Gasteiger partial charge in [0.05, 0.1) is 12.2 Å². The summed E-state index contributed by atoms with van der Waals surface area (Å²) in [7, 11) is 0. The first-order valence-corrected chi connectivity index (χ1v) is 8.70. The second-order valence-corrected chi connectivity index (χ2v) is 6.53. The van der Waals surface area contributed by atoms with Crippen molar-refractivity contribution in [3.05, 3.63) is 82.7 Å². The molecule has 3 rings (SSSR count). The molecule has 0 radical (unpaired) electrons. The standard InChI is InChI=1S/C22H23N3O/c1-16-5-3-7-18(11-16)13-22-21(24)14-19(15-23)25(22)9-10-26-20-8-4-6-17(2)12-20/h3-8,11-12,14H,9-10,13,24H2,1-2H3. The number of benzene rings is 2. The molecular formula is C22H23N3O. The maximum Gasteiger partial charge on any atom is 0.122 e. The van der Waals surface area contributed by atoms with Crippen molar-refractivity contribution in [2.45, 2.75) is 26.8 Å². The summed E-state index contributed by atoms with van der Waals surface area (Å²) in [5.74, 6) is 0.837. The van der Waals surface area contributed by atoms with Crippen LogP contribution in [0.5, 0.6) is 5.75 Å². The summed E-state index contributed by atoms with van der Waals surface area (Å²) in [5.41, 5.74) is 11.9. The van der Waals surface area contributed by atoms with Crippen LogP contribution >= 0.6 is 0 Å². The number of hydrogen-bond acceptors (Lipinski definition) is 3. The van der Waals surface area contributed by atoms with Crippen LogP contribution in [-0.4, -0.2) is 11.2 Å². The van der Waals surface area contributed by atoms with Gasteiger partial charge in [0, 0.05) is 12.1 Å². The van der Waals surface area contributed by atoms with Gasteiger partial charge in [-0.3, -0.25) is 0 Å². The Balaban J connectivity index is 1.78. The normalized spacial score (nSPS) is 10.5. The third kappa shape index (κ3) is 4.07. The van der Waals surface area contributed by atoms with Gasteiger partial charge in [-0.15, -0.1) is 0 Å². The van der Waals surface area contributed by atoms with E-state index >= 15 is 0 Å². The Hall–Kier alpha value is -3.19. The van der Waals surface area contributed by atoms with Crippen LogP contribution in [0.3, 0.4) is 0 Å². The average Bonchev–Trinajstić information content (AvgIpc) is 2.91.